The summed E-state index contributed by atoms with van der Waals surface area (Å²) in [4.78, 5) is 16.7. The van der Waals surface area contributed by atoms with Gasteiger partial charge in [0.25, 0.3) is 0 Å². The second-order valence-electron chi connectivity index (χ2n) is 2.93. The highest BCUT2D eigenvalue weighted by atomic mass is 16.1. The molecule has 0 aliphatic heterocycles. The summed E-state index contributed by atoms with van der Waals surface area (Å²) in [7, 11) is 0. The van der Waals surface area contributed by atoms with Gasteiger partial charge in [-0.05, 0) is 36.8 Å². The molecule has 0 saturated heterocycles. The molecular weight excluding hydrogens is 212 g/mol. The van der Waals surface area contributed by atoms with Crippen LogP contribution >= 0.6 is 0 Å². The van der Waals surface area contributed by atoms with Crippen molar-refractivity contribution < 1.29 is 4.79 Å². The van der Waals surface area contributed by atoms with Crippen LogP contribution in [0.15, 0.2) is 67.8 Å². The average molecular weight is 228 g/mol. The number of nitrogens with zero attached hydrogens (tertiary/aromatic N) is 2. The van der Waals surface area contributed by atoms with Gasteiger partial charge in [0.1, 0.15) is 6.29 Å². The molecule has 0 amide bonds. The molecule has 0 N–H and O–H groups in total. The van der Waals surface area contributed by atoms with Crippen molar-refractivity contribution in [2.75, 3.05) is 0 Å². The van der Waals surface area contributed by atoms with Crippen molar-refractivity contribution in [1.29, 1.82) is 0 Å². The molecule has 0 fully saturated rings. The molecule has 2 rings (SSSR count). The highest BCUT2D eigenvalue weighted by Gasteiger charge is 1.73. The van der Waals surface area contributed by atoms with E-state index in [9.17, 15) is 0 Å². The molecule has 0 bridgehead atoms. The van der Waals surface area contributed by atoms with Gasteiger partial charge in [-0.15, -0.1) is 0 Å². The number of carbonyl (C=O) groups is 1. The molecule has 3 nitrogen and oxygen atoms in total. The summed E-state index contributed by atoms with van der Waals surface area (Å²) < 4.78 is 0. The summed E-state index contributed by atoms with van der Waals surface area (Å²) in [6.45, 7) is 5.13. The zero-order valence-corrected chi connectivity index (χ0v) is 9.86. The highest BCUT2D eigenvalue weighted by molar-refractivity contribution is 5.63. The van der Waals surface area contributed by atoms with Gasteiger partial charge >= 0.3 is 0 Å². The minimum atomic E-state index is 0.639. The lowest BCUT2D eigenvalue weighted by molar-refractivity contribution is -0.104. The Morgan fingerprint density at radius 3 is 1.82 bits per heavy atom. The molecule has 0 aromatic carbocycles. The number of aldehydes is 1. The molecule has 2 aromatic heterocycles. The number of hydrogen-bond donors (Lipinski definition) is 0. The maximum absolute atomic E-state index is 9.06. The Balaban J connectivity index is 0.000000236. The third-order valence-corrected chi connectivity index (χ3v) is 1.47. The second-order valence-corrected chi connectivity index (χ2v) is 2.93. The van der Waals surface area contributed by atoms with E-state index in [0.29, 0.717) is 6.29 Å². The lowest BCUT2D eigenvalue weighted by atomic mass is 10.3. The fraction of sp³-hybridized carbons (Fsp3) is 0.0714. The van der Waals surface area contributed by atoms with Gasteiger partial charge in [0.05, 0.1) is 0 Å². The van der Waals surface area contributed by atoms with Gasteiger partial charge < -0.3 is 0 Å². The number of allylic oxidation sites excluding steroid dienone is 1. The first-order valence-electron chi connectivity index (χ1n) is 5.09. The Bertz CT molecular complexity index is 355. The minimum Gasteiger partial charge on any atom is -0.299 e. The van der Waals surface area contributed by atoms with Crippen LogP contribution in [0.4, 0.5) is 0 Å². The third-order valence-electron chi connectivity index (χ3n) is 1.47. The predicted molar refractivity (Wildman–Crippen MR) is 69.5 cm³/mol. The molecule has 0 atom stereocenters. The van der Waals surface area contributed by atoms with Gasteiger partial charge in [0, 0.05) is 24.8 Å². The largest absolute Gasteiger partial charge is 0.299 e. The Hall–Kier alpha value is -2.29. The van der Waals surface area contributed by atoms with Crippen molar-refractivity contribution >= 4 is 6.29 Å². The lowest BCUT2D eigenvalue weighted by Gasteiger charge is -1.82. The molecule has 2 heterocycles. The standard InChI is InChI=1S/C6H7N.C5H5N.C3H4O/c1-6-3-2-4-7-5-6;1-2-4-6-5-3-1;1-2-3-4/h2-5H,1H3;1-5H;2-3H,1H2. The van der Waals surface area contributed by atoms with Gasteiger partial charge in [-0.25, -0.2) is 0 Å². The minimum absolute atomic E-state index is 0.639. The van der Waals surface area contributed by atoms with E-state index in [1.165, 1.54) is 11.6 Å². The van der Waals surface area contributed by atoms with Crippen LogP contribution in [0.1, 0.15) is 5.56 Å². The summed E-state index contributed by atoms with van der Waals surface area (Å²) in [6, 6.07) is 9.66. The fourth-order valence-electron chi connectivity index (χ4n) is 0.761. The van der Waals surface area contributed by atoms with Crippen LogP contribution in [-0.2, 0) is 4.79 Å². The molecule has 0 unspecified atom stereocenters. The number of hydrogen-bond acceptors (Lipinski definition) is 3. The maximum atomic E-state index is 9.06. The summed E-state index contributed by atoms with van der Waals surface area (Å²) in [6.07, 6.45) is 8.94. The Kier molecular flexibility index (Phi) is 10.2. The van der Waals surface area contributed by atoms with E-state index in [1.54, 1.807) is 18.6 Å². The predicted octanol–water partition coefficient (Wildman–Crippen LogP) is 2.84. The van der Waals surface area contributed by atoms with Crippen LogP contribution < -0.4 is 0 Å². The first-order valence-corrected chi connectivity index (χ1v) is 5.09. The molecule has 0 radical (unpaired) electrons. The van der Waals surface area contributed by atoms with E-state index < -0.39 is 0 Å². The van der Waals surface area contributed by atoms with E-state index >= 15 is 0 Å². The van der Waals surface area contributed by atoms with E-state index in [-0.39, 0.29) is 0 Å². The topological polar surface area (TPSA) is 42.9 Å². The molecule has 2 aromatic rings. The average Bonchev–Trinajstić information content (AvgIpc) is 2.43. The lowest BCUT2D eigenvalue weighted by Crippen LogP contribution is -1.69. The molecule has 0 saturated carbocycles. The maximum Gasteiger partial charge on any atom is 0.142 e. The van der Waals surface area contributed by atoms with Gasteiger partial charge in [0.2, 0.25) is 0 Å². The van der Waals surface area contributed by atoms with Crippen LogP contribution in [0.3, 0.4) is 0 Å². The number of aryl methyl sites for hydroxylation is 1. The van der Waals surface area contributed by atoms with Gasteiger partial charge in [-0.3, -0.25) is 14.8 Å². The Morgan fingerprint density at radius 1 is 1.06 bits per heavy atom. The fourth-order valence-corrected chi connectivity index (χ4v) is 0.761. The number of aromatic nitrogens is 2. The zero-order valence-electron chi connectivity index (χ0n) is 9.86. The highest BCUT2D eigenvalue weighted by Crippen LogP contribution is 1.88. The first-order chi connectivity index (χ1) is 8.31. The first kappa shape index (κ1) is 14.7. The van der Waals surface area contributed by atoms with Crippen LogP contribution in [0.2, 0.25) is 0 Å². The number of rotatable bonds is 1. The Morgan fingerprint density at radius 2 is 1.65 bits per heavy atom. The molecule has 0 spiro atoms. The van der Waals surface area contributed by atoms with Crippen LogP contribution in [0.5, 0.6) is 0 Å². The molecule has 3 heteroatoms. The van der Waals surface area contributed by atoms with Crippen molar-refractivity contribution in [3.63, 3.8) is 0 Å². The van der Waals surface area contributed by atoms with Crippen molar-refractivity contribution in [3.8, 4) is 0 Å². The van der Waals surface area contributed by atoms with Crippen LogP contribution in [-0.4, -0.2) is 16.3 Å². The SMILES string of the molecule is C=CC=O.Cc1cccnc1.c1ccncc1. The molecule has 88 valence electrons. The van der Waals surface area contributed by atoms with Crippen molar-refractivity contribution in [1.82, 2.24) is 9.97 Å². The van der Waals surface area contributed by atoms with Crippen LogP contribution in [0.25, 0.3) is 0 Å². The van der Waals surface area contributed by atoms with E-state index in [0.717, 1.165) is 0 Å². The molecule has 17 heavy (non-hydrogen) atoms. The normalized spacial score (nSPS) is 7.59. The molecular formula is C14H16N2O. The summed E-state index contributed by atoms with van der Waals surface area (Å²) in [5.41, 5.74) is 1.21. The quantitative estimate of drug-likeness (QED) is 0.556. The van der Waals surface area contributed by atoms with Gasteiger partial charge in [0.15, 0.2) is 0 Å². The molecule has 0 aliphatic rings. The monoisotopic (exact) mass is 228 g/mol. The summed E-state index contributed by atoms with van der Waals surface area (Å²) in [5, 5.41) is 0. The number of pyridine rings is 2. The van der Waals surface area contributed by atoms with Crippen molar-refractivity contribution in [2.45, 2.75) is 6.92 Å². The van der Waals surface area contributed by atoms with Crippen molar-refractivity contribution in [3.05, 3.63) is 73.3 Å². The van der Waals surface area contributed by atoms with E-state index in [4.69, 9.17) is 4.79 Å². The van der Waals surface area contributed by atoms with Crippen molar-refractivity contribution in [2.24, 2.45) is 0 Å². The Labute approximate surface area is 102 Å². The third kappa shape index (κ3) is 11.6. The number of carbonyl (C=O) groups excluding carboxylic acids is 1. The van der Waals surface area contributed by atoms with E-state index in [2.05, 4.69) is 16.5 Å². The van der Waals surface area contributed by atoms with Crippen LogP contribution in [0, 0.1) is 6.92 Å². The second kappa shape index (κ2) is 11.8. The van der Waals surface area contributed by atoms with Gasteiger partial charge in [-0.1, -0.05) is 18.7 Å². The smallest absolute Gasteiger partial charge is 0.142 e. The van der Waals surface area contributed by atoms with Gasteiger partial charge in [-0.2, -0.15) is 0 Å². The summed E-state index contributed by atoms with van der Waals surface area (Å²) in [5.74, 6) is 0. The molecule has 0 aliphatic carbocycles. The summed E-state index contributed by atoms with van der Waals surface area (Å²) >= 11 is 0. The zero-order chi connectivity index (χ0) is 12.8. The van der Waals surface area contributed by atoms with E-state index in [1.807, 2.05) is 43.5 Å².